The maximum absolute atomic E-state index is 9.08. The topological polar surface area (TPSA) is 86.2 Å². The minimum Gasteiger partial charge on any atom is -0.396 e. The number of nitrogens with zero attached hydrogens (tertiary/aromatic N) is 3. The predicted molar refractivity (Wildman–Crippen MR) is 90.2 cm³/mol. The van der Waals surface area contributed by atoms with Gasteiger partial charge in [-0.15, -0.1) is 0 Å². The maximum atomic E-state index is 9.08. The zero-order chi connectivity index (χ0) is 16.2. The van der Waals surface area contributed by atoms with Crippen LogP contribution in [0.1, 0.15) is 49.7 Å². The van der Waals surface area contributed by atoms with Crippen LogP contribution in [0.3, 0.4) is 0 Å². The summed E-state index contributed by atoms with van der Waals surface area (Å²) in [5, 5.41) is 9.08. The van der Waals surface area contributed by atoms with Crippen molar-refractivity contribution in [1.29, 1.82) is 0 Å². The molecular formula is C17H26N4O2. The quantitative estimate of drug-likeness (QED) is 0.764. The zero-order valence-corrected chi connectivity index (χ0v) is 13.8. The number of fused-ring (bicyclic) bond motifs is 3. The Morgan fingerprint density at radius 2 is 2.04 bits per heavy atom. The number of aryl methyl sites for hydroxylation is 3. The number of aliphatic hydroxyl groups excluding tert-OH is 1. The number of ether oxygens (including phenoxy) is 1. The van der Waals surface area contributed by atoms with E-state index in [4.69, 9.17) is 20.6 Å². The number of imidazole rings is 1. The number of hydrogen-bond donors (Lipinski definition) is 2. The first kappa shape index (κ1) is 16.2. The summed E-state index contributed by atoms with van der Waals surface area (Å²) in [6.45, 7) is 4.17. The fourth-order valence-corrected chi connectivity index (χ4v) is 3.38. The van der Waals surface area contributed by atoms with Gasteiger partial charge in [-0.3, -0.25) is 0 Å². The summed E-state index contributed by atoms with van der Waals surface area (Å²) < 4.78 is 7.83. The summed E-state index contributed by atoms with van der Waals surface area (Å²) in [6, 6.07) is 0. The lowest BCUT2D eigenvalue weighted by Gasteiger charge is -2.18. The van der Waals surface area contributed by atoms with Gasteiger partial charge in [0.1, 0.15) is 17.9 Å². The van der Waals surface area contributed by atoms with Crippen molar-refractivity contribution in [3.05, 3.63) is 17.1 Å². The summed E-state index contributed by atoms with van der Waals surface area (Å²) in [5.41, 5.74) is 10.6. The molecule has 126 valence electrons. The molecule has 3 N–H and O–H groups in total. The minimum absolute atomic E-state index is 0.217. The Bertz CT molecular complexity index is 681. The average molecular weight is 318 g/mol. The third-order valence-corrected chi connectivity index (χ3v) is 4.49. The molecule has 2 heterocycles. The molecule has 6 heteroatoms. The number of rotatable bonds is 7. The van der Waals surface area contributed by atoms with Crippen molar-refractivity contribution in [2.24, 2.45) is 0 Å². The fourth-order valence-electron chi connectivity index (χ4n) is 3.38. The molecule has 2 aromatic rings. The van der Waals surface area contributed by atoms with Crippen molar-refractivity contribution < 1.29 is 9.84 Å². The smallest absolute Gasteiger partial charge is 0.151 e. The summed E-state index contributed by atoms with van der Waals surface area (Å²) >= 11 is 0. The molecule has 0 spiro atoms. The first-order valence-corrected chi connectivity index (χ1v) is 8.61. The van der Waals surface area contributed by atoms with E-state index in [1.54, 1.807) is 0 Å². The van der Waals surface area contributed by atoms with Gasteiger partial charge < -0.3 is 20.1 Å². The average Bonchev–Trinajstić information content (AvgIpc) is 2.93. The number of aliphatic hydroxyl groups is 1. The number of nitrogens with two attached hydrogens (primary N) is 1. The predicted octanol–water partition coefficient (Wildman–Crippen LogP) is 2.20. The first-order valence-electron chi connectivity index (χ1n) is 8.61. The Hall–Kier alpha value is -1.66. The lowest BCUT2D eigenvalue weighted by Crippen LogP contribution is -2.12. The highest BCUT2D eigenvalue weighted by Crippen LogP contribution is 2.31. The van der Waals surface area contributed by atoms with E-state index >= 15 is 0 Å². The lowest BCUT2D eigenvalue weighted by molar-refractivity contribution is 0.125. The van der Waals surface area contributed by atoms with Crippen LogP contribution in [-0.2, 0) is 30.7 Å². The largest absolute Gasteiger partial charge is 0.396 e. The first-order chi connectivity index (χ1) is 11.3. The molecule has 23 heavy (non-hydrogen) atoms. The van der Waals surface area contributed by atoms with Crippen LogP contribution in [-0.4, -0.2) is 32.9 Å². The summed E-state index contributed by atoms with van der Waals surface area (Å²) in [4.78, 5) is 9.32. The van der Waals surface area contributed by atoms with Crippen LogP contribution in [0.2, 0.25) is 0 Å². The van der Waals surface area contributed by atoms with Gasteiger partial charge in [0.25, 0.3) is 0 Å². The van der Waals surface area contributed by atoms with Gasteiger partial charge in [0.05, 0.1) is 5.52 Å². The summed E-state index contributed by atoms with van der Waals surface area (Å²) in [7, 11) is 0. The van der Waals surface area contributed by atoms with Gasteiger partial charge in [-0.25, -0.2) is 9.97 Å². The van der Waals surface area contributed by atoms with Gasteiger partial charge in [-0.2, -0.15) is 0 Å². The van der Waals surface area contributed by atoms with Crippen LogP contribution in [0.4, 0.5) is 5.82 Å². The van der Waals surface area contributed by atoms with E-state index in [0.717, 1.165) is 54.8 Å². The van der Waals surface area contributed by atoms with Crippen LogP contribution in [0, 0.1) is 0 Å². The normalized spacial score (nSPS) is 14.3. The van der Waals surface area contributed by atoms with Crippen LogP contribution in [0.5, 0.6) is 0 Å². The van der Waals surface area contributed by atoms with E-state index in [1.165, 1.54) is 18.4 Å². The van der Waals surface area contributed by atoms with Crippen LogP contribution < -0.4 is 5.73 Å². The molecule has 2 aromatic heterocycles. The van der Waals surface area contributed by atoms with Crippen molar-refractivity contribution in [1.82, 2.24) is 14.5 Å². The molecule has 0 unspecified atom stereocenters. The highest BCUT2D eigenvalue weighted by Gasteiger charge is 2.22. The third kappa shape index (κ3) is 3.19. The number of anilines is 1. The molecule has 0 fully saturated rings. The molecule has 0 atom stereocenters. The minimum atomic E-state index is 0.217. The molecule has 0 saturated heterocycles. The lowest BCUT2D eigenvalue weighted by atomic mass is 9.95. The Kier molecular flexibility index (Phi) is 5.13. The highest BCUT2D eigenvalue weighted by molar-refractivity contribution is 5.89. The number of hydrogen-bond acceptors (Lipinski definition) is 5. The molecule has 3 rings (SSSR count). The van der Waals surface area contributed by atoms with Gasteiger partial charge in [0.15, 0.2) is 5.82 Å². The number of unbranched alkanes of at least 4 members (excludes halogenated alkanes) is 1. The summed E-state index contributed by atoms with van der Waals surface area (Å²) in [5.74, 6) is 1.44. The van der Waals surface area contributed by atoms with Crippen LogP contribution >= 0.6 is 0 Å². The molecule has 1 aliphatic carbocycles. The van der Waals surface area contributed by atoms with E-state index in [1.807, 2.05) is 6.92 Å². The second kappa shape index (κ2) is 7.27. The molecule has 1 aliphatic rings. The highest BCUT2D eigenvalue weighted by atomic mass is 16.5. The molecule has 6 nitrogen and oxygen atoms in total. The number of nitrogen functional groups attached to an aromatic ring is 1. The van der Waals surface area contributed by atoms with E-state index in [0.29, 0.717) is 19.0 Å². The standard InChI is InChI=1S/C17H26N4O2/c1-2-23-11-14-20-15-16(21(14)9-5-6-10-22)12-7-3-4-8-13(12)19-17(15)18/h22H,2-11H2,1H3,(H2,18,19). The van der Waals surface area contributed by atoms with Crippen molar-refractivity contribution >= 4 is 16.9 Å². The monoisotopic (exact) mass is 318 g/mol. The van der Waals surface area contributed by atoms with Crippen LogP contribution in [0.25, 0.3) is 11.0 Å². The van der Waals surface area contributed by atoms with Crippen molar-refractivity contribution in [2.75, 3.05) is 18.9 Å². The molecule has 0 radical (unpaired) electrons. The maximum Gasteiger partial charge on any atom is 0.151 e. The molecule has 0 amide bonds. The Balaban J connectivity index is 2.10. The Labute approximate surface area is 136 Å². The molecule has 0 bridgehead atoms. The van der Waals surface area contributed by atoms with Crippen molar-refractivity contribution in [2.45, 2.75) is 58.6 Å². The number of aromatic nitrogens is 3. The Morgan fingerprint density at radius 3 is 2.83 bits per heavy atom. The SMILES string of the molecule is CCOCc1nc2c(N)nc3c(c2n1CCCCO)CCCC3. The number of pyridine rings is 1. The van der Waals surface area contributed by atoms with Crippen molar-refractivity contribution in [3.8, 4) is 0 Å². The molecule has 0 saturated carbocycles. The second-order valence-electron chi connectivity index (χ2n) is 6.07. The van der Waals surface area contributed by atoms with Gasteiger partial charge in [0, 0.05) is 25.5 Å². The van der Waals surface area contributed by atoms with Gasteiger partial charge in [-0.1, -0.05) is 0 Å². The van der Waals surface area contributed by atoms with Crippen molar-refractivity contribution in [3.63, 3.8) is 0 Å². The molecule has 0 aromatic carbocycles. The van der Waals surface area contributed by atoms with Gasteiger partial charge in [-0.05, 0) is 51.0 Å². The molecular weight excluding hydrogens is 292 g/mol. The van der Waals surface area contributed by atoms with E-state index in [9.17, 15) is 0 Å². The Morgan fingerprint density at radius 1 is 1.22 bits per heavy atom. The van der Waals surface area contributed by atoms with E-state index in [-0.39, 0.29) is 6.61 Å². The van der Waals surface area contributed by atoms with Gasteiger partial charge in [0.2, 0.25) is 0 Å². The van der Waals surface area contributed by atoms with Gasteiger partial charge >= 0.3 is 0 Å². The summed E-state index contributed by atoms with van der Waals surface area (Å²) in [6.07, 6.45) is 6.11. The van der Waals surface area contributed by atoms with Crippen LogP contribution in [0.15, 0.2) is 0 Å². The zero-order valence-electron chi connectivity index (χ0n) is 13.8. The third-order valence-electron chi connectivity index (χ3n) is 4.49. The molecule has 0 aliphatic heterocycles. The van der Waals surface area contributed by atoms with E-state index < -0.39 is 0 Å². The van der Waals surface area contributed by atoms with E-state index in [2.05, 4.69) is 9.55 Å². The fraction of sp³-hybridized carbons (Fsp3) is 0.647. The second-order valence-corrected chi connectivity index (χ2v) is 6.07.